The van der Waals surface area contributed by atoms with E-state index in [9.17, 15) is 0 Å². The first kappa shape index (κ1) is 11.6. The molecule has 0 aromatic carbocycles. The van der Waals surface area contributed by atoms with Gasteiger partial charge in [0.25, 0.3) is 0 Å². The summed E-state index contributed by atoms with van der Waals surface area (Å²) < 4.78 is 0. The second-order valence-corrected chi connectivity index (χ2v) is 4.80. The van der Waals surface area contributed by atoms with Gasteiger partial charge in [-0.1, -0.05) is 6.07 Å². The first-order valence-electron chi connectivity index (χ1n) is 5.34. The summed E-state index contributed by atoms with van der Waals surface area (Å²) in [5, 5.41) is 10.9. The standard InChI is InChI=1S/C13H13N3S/c1-10(12-4-3-7-17-12)16(2)13-8-11(9-14)5-6-15-13/h3-8,10H,1-2H3. The molecule has 0 N–H and O–H groups in total. The smallest absolute Gasteiger partial charge is 0.130 e. The number of pyridine rings is 1. The number of thiophene rings is 1. The Hall–Kier alpha value is -1.86. The van der Waals surface area contributed by atoms with Crippen molar-refractivity contribution >= 4 is 17.2 Å². The van der Waals surface area contributed by atoms with Crippen LogP contribution in [0.1, 0.15) is 23.4 Å². The molecular formula is C13H13N3S. The van der Waals surface area contributed by atoms with Crippen molar-refractivity contribution in [2.24, 2.45) is 0 Å². The van der Waals surface area contributed by atoms with E-state index in [1.807, 2.05) is 19.2 Å². The molecule has 4 heteroatoms. The molecule has 86 valence electrons. The molecule has 0 bridgehead atoms. The van der Waals surface area contributed by atoms with Crippen LogP contribution in [-0.4, -0.2) is 12.0 Å². The Labute approximate surface area is 105 Å². The Bertz CT molecular complexity index is 528. The van der Waals surface area contributed by atoms with Gasteiger partial charge < -0.3 is 4.90 Å². The maximum absolute atomic E-state index is 8.87. The van der Waals surface area contributed by atoms with Crippen LogP contribution in [0.25, 0.3) is 0 Å². The number of rotatable bonds is 3. The summed E-state index contributed by atoms with van der Waals surface area (Å²) in [7, 11) is 1.99. The second-order valence-electron chi connectivity index (χ2n) is 3.82. The van der Waals surface area contributed by atoms with Crippen molar-refractivity contribution in [3.8, 4) is 6.07 Å². The lowest BCUT2D eigenvalue weighted by molar-refractivity contribution is 0.742. The van der Waals surface area contributed by atoms with E-state index < -0.39 is 0 Å². The van der Waals surface area contributed by atoms with E-state index in [1.165, 1.54) is 4.88 Å². The third kappa shape index (κ3) is 2.45. The molecule has 0 radical (unpaired) electrons. The van der Waals surface area contributed by atoms with Gasteiger partial charge in [-0.05, 0) is 30.5 Å². The number of hydrogen-bond acceptors (Lipinski definition) is 4. The van der Waals surface area contributed by atoms with Crippen molar-refractivity contribution in [3.63, 3.8) is 0 Å². The number of nitrogens with zero attached hydrogens (tertiary/aromatic N) is 3. The van der Waals surface area contributed by atoms with Crippen LogP contribution in [0, 0.1) is 11.3 Å². The van der Waals surface area contributed by atoms with Crippen LogP contribution in [0.5, 0.6) is 0 Å². The normalized spacial score (nSPS) is 11.8. The quantitative estimate of drug-likeness (QED) is 0.831. The third-order valence-electron chi connectivity index (χ3n) is 2.77. The van der Waals surface area contributed by atoms with Gasteiger partial charge in [-0.2, -0.15) is 5.26 Å². The molecule has 0 aliphatic carbocycles. The molecule has 0 amide bonds. The Morgan fingerprint density at radius 1 is 1.47 bits per heavy atom. The minimum absolute atomic E-state index is 0.261. The summed E-state index contributed by atoms with van der Waals surface area (Å²) in [4.78, 5) is 7.66. The lowest BCUT2D eigenvalue weighted by Crippen LogP contribution is -2.21. The van der Waals surface area contributed by atoms with Crippen LogP contribution in [0.4, 0.5) is 5.82 Å². The van der Waals surface area contributed by atoms with E-state index in [-0.39, 0.29) is 6.04 Å². The zero-order valence-electron chi connectivity index (χ0n) is 9.79. The molecule has 17 heavy (non-hydrogen) atoms. The molecule has 0 aliphatic heterocycles. The van der Waals surface area contributed by atoms with E-state index >= 15 is 0 Å². The van der Waals surface area contributed by atoms with Crippen LogP contribution < -0.4 is 4.90 Å². The average Bonchev–Trinajstić information content (AvgIpc) is 2.91. The second kappa shape index (κ2) is 4.98. The van der Waals surface area contributed by atoms with Gasteiger partial charge in [0.15, 0.2) is 0 Å². The SMILES string of the molecule is CC(c1cccs1)N(C)c1cc(C#N)ccn1. The lowest BCUT2D eigenvalue weighted by Gasteiger charge is -2.25. The summed E-state index contributed by atoms with van der Waals surface area (Å²) in [6.07, 6.45) is 1.67. The van der Waals surface area contributed by atoms with Gasteiger partial charge in [0.05, 0.1) is 17.7 Å². The maximum atomic E-state index is 8.87. The van der Waals surface area contributed by atoms with E-state index in [1.54, 1.807) is 23.6 Å². The van der Waals surface area contributed by atoms with Gasteiger partial charge >= 0.3 is 0 Å². The van der Waals surface area contributed by atoms with Gasteiger partial charge in [0.2, 0.25) is 0 Å². The highest BCUT2D eigenvalue weighted by Gasteiger charge is 2.14. The first-order valence-corrected chi connectivity index (χ1v) is 6.22. The minimum atomic E-state index is 0.261. The van der Waals surface area contributed by atoms with Crippen molar-refractivity contribution in [2.75, 3.05) is 11.9 Å². The van der Waals surface area contributed by atoms with E-state index in [2.05, 4.69) is 34.3 Å². The highest BCUT2D eigenvalue weighted by molar-refractivity contribution is 7.10. The van der Waals surface area contributed by atoms with Gasteiger partial charge in [0, 0.05) is 18.1 Å². The Morgan fingerprint density at radius 2 is 2.29 bits per heavy atom. The zero-order valence-corrected chi connectivity index (χ0v) is 10.6. The third-order valence-corrected chi connectivity index (χ3v) is 3.81. The van der Waals surface area contributed by atoms with E-state index in [0.717, 1.165) is 5.82 Å². The highest BCUT2D eigenvalue weighted by atomic mass is 32.1. The molecule has 1 atom stereocenters. The van der Waals surface area contributed by atoms with E-state index in [0.29, 0.717) is 5.56 Å². The largest absolute Gasteiger partial charge is 0.352 e. The summed E-state index contributed by atoms with van der Waals surface area (Å²) in [6.45, 7) is 2.13. The molecule has 0 saturated heterocycles. The average molecular weight is 243 g/mol. The fourth-order valence-corrected chi connectivity index (χ4v) is 2.43. The van der Waals surface area contributed by atoms with Gasteiger partial charge in [-0.15, -0.1) is 11.3 Å². The topological polar surface area (TPSA) is 39.9 Å². The zero-order chi connectivity index (χ0) is 12.3. The molecule has 2 heterocycles. The molecule has 2 aromatic rings. The maximum Gasteiger partial charge on any atom is 0.130 e. The fraction of sp³-hybridized carbons (Fsp3) is 0.231. The van der Waals surface area contributed by atoms with Gasteiger partial charge in [-0.3, -0.25) is 0 Å². The Kier molecular flexibility index (Phi) is 3.40. The fourth-order valence-electron chi connectivity index (χ4n) is 1.60. The van der Waals surface area contributed by atoms with Crippen LogP contribution in [0.15, 0.2) is 35.8 Å². The molecule has 0 aliphatic rings. The van der Waals surface area contributed by atoms with Crippen LogP contribution in [0.2, 0.25) is 0 Å². The molecule has 2 aromatic heterocycles. The highest BCUT2D eigenvalue weighted by Crippen LogP contribution is 2.27. The van der Waals surface area contributed by atoms with Crippen molar-refractivity contribution in [1.29, 1.82) is 5.26 Å². The van der Waals surface area contributed by atoms with Gasteiger partial charge in [-0.25, -0.2) is 4.98 Å². The molecule has 1 unspecified atom stereocenters. The number of nitriles is 1. The van der Waals surface area contributed by atoms with Crippen molar-refractivity contribution in [3.05, 3.63) is 46.3 Å². The molecule has 0 saturated carbocycles. The molecule has 3 nitrogen and oxygen atoms in total. The number of anilines is 1. The molecule has 2 rings (SSSR count). The summed E-state index contributed by atoms with van der Waals surface area (Å²) >= 11 is 1.73. The van der Waals surface area contributed by atoms with E-state index in [4.69, 9.17) is 5.26 Å². The van der Waals surface area contributed by atoms with Crippen LogP contribution in [0.3, 0.4) is 0 Å². The summed E-state index contributed by atoms with van der Waals surface area (Å²) in [5.74, 6) is 0.824. The predicted molar refractivity (Wildman–Crippen MR) is 70.1 cm³/mol. The first-order chi connectivity index (χ1) is 8.22. The van der Waals surface area contributed by atoms with Crippen molar-refractivity contribution in [2.45, 2.75) is 13.0 Å². The Balaban J connectivity index is 2.25. The van der Waals surface area contributed by atoms with Crippen molar-refractivity contribution in [1.82, 2.24) is 4.98 Å². The predicted octanol–water partition coefficient (Wildman–Crippen LogP) is 3.21. The monoisotopic (exact) mass is 243 g/mol. The number of aromatic nitrogens is 1. The Morgan fingerprint density at radius 3 is 2.94 bits per heavy atom. The lowest BCUT2D eigenvalue weighted by atomic mass is 10.2. The van der Waals surface area contributed by atoms with Crippen LogP contribution in [-0.2, 0) is 0 Å². The molecular weight excluding hydrogens is 230 g/mol. The van der Waals surface area contributed by atoms with Gasteiger partial charge in [0.1, 0.15) is 5.82 Å². The summed E-state index contributed by atoms with van der Waals surface area (Å²) in [6, 6.07) is 10.1. The van der Waals surface area contributed by atoms with Crippen molar-refractivity contribution < 1.29 is 0 Å². The molecule has 0 fully saturated rings. The minimum Gasteiger partial charge on any atom is -0.352 e. The molecule has 0 spiro atoms. The van der Waals surface area contributed by atoms with Crippen LogP contribution >= 0.6 is 11.3 Å². The summed E-state index contributed by atoms with van der Waals surface area (Å²) in [5.41, 5.74) is 0.639. The number of hydrogen-bond donors (Lipinski definition) is 0.